The number of anilines is 1. The summed E-state index contributed by atoms with van der Waals surface area (Å²) in [4.78, 5) is 10.8. The molecule has 0 spiro atoms. The maximum absolute atomic E-state index is 10.8. The lowest BCUT2D eigenvalue weighted by Crippen LogP contribution is -2.27. The average Bonchev–Trinajstić information content (AvgIpc) is 2.45. The average molecular weight is 195 g/mol. The minimum Gasteiger partial charge on any atom is -0.480 e. The molecule has 1 aliphatic rings. The van der Waals surface area contributed by atoms with E-state index in [1.54, 1.807) is 0 Å². The largest absolute Gasteiger partial charge is 0.480 e. The van der Waals surface area contributed by atoms with Gasteiger partial charge < -0.3 is 10.4 Å². The third-order valence-corrected chi connectivity index (χ3v) is 2.75. The summed E-state index contributed by atoms with van der Waals surface area (Å²) in [6, 6.07) is 6.90. The van der Waals surface area contributed by atoms with E-state index in [1.165, 1.54) is 0 Å². The highest BCUT2D eigenvalue weighted by Crippen LogP contribution is 2.37. The van der Waals surface area contributed by atoms with Gasteiger partial charge in [0.25, 0.3) is 0 Å². The molecule has 4 heteroatoms. The zero-order valence-corrected chi connectivity index (χ0v) is 7.66. The minimum atomic E-state index is -0.865. The molecule has 2 atom stereocenters. The molecule has 13 heavy (non-hydrogen) atoms. The third kappa shape index (κ3) is 1.27. The number of carbonyl (C=O) groups is 1. The number of para-hydroxylation sites is 1. The Kier molecular flexibility index (Phi) is 1.92. The molecule has 0 amide bonds. The molecule has 0 fully saturated rings. The van der Waals surface area contributed by atoms with Gasteiger partial charge in [0, 0.05) is 5.69 Å². The highest BCUT2D eigenvalue weighted by Gasteiger charge is 2.34. The van der Waals surface area contributed by atoms with Gasteiger partial charge in [-0.25, -0.2) is 4.79 Å². The number of hydrogen-bond donors (Lipinski definition) is 3. The molecule has 1 heterocycles. The Labute approximate surface area is 81.2 Å². The van der Waals surface area contributed by atoms with Crippen molar-refractivity contribution in [2.45, 2.75) is 11.3 Å². The SMILES string of the molecule is O=C(O)C1Nc2ccccc2C1S. The van der Waals surface area contributed by atoms with E-state index >= 15 is 0 Å². The van der Waals surface area contributed by atoms with Crippen LogP contribution in [0.4, 0.5) is 5.69 Å². The molecule has 0 saturated carbocycles. The Bertz CT molecular complexity index is 353. The summed E-state index contributed by atoms with van der Waals surface area (Å²) in [5.41, 5.74) is 1.83. The fraction of sp³-hybridized carbons (Fsp3) is 0.222. The van der Waals surface area contributed by atoms with E-state index in [4.69, 9.17) is 5.11 Å². The fourth-order valence-corrected chi connectivity index (χ4v) is 1.94. The zero-order valence-electron chi connectivity index (χ0n) is 6.77. The lowest BCUT2D eigenvalue weighted by molar-refractivity contribution is -0.137. The van der Waals surface area contributed by atoms with Crippen LogP contribution < -0.4 is 5.32 Å². The summed E-state index contributed by atoms with van der Waals surface area (Å²) in [5, 5.41) is 11.5. The van der Waals surface area contributed by atoms with Gasteiger partial charge in [0.15, 0.2) is 0 Å². The van der Waals surface area contributed by atoms with Crippen molar-refractivity contribution in [2.75, 3.05) is 5.32 Å². The molecule has 0 aromatic heterocycles. The number of benzene rings is 1. The second kappa shape index (κ2) is 2.96. The zero-order chi connectivity index (χ0) is 9.42. The van der Waals surface area contributed by atoms with Crippen LogP contribution in [0.3, 0.4) is 0 Å². The van der Waals surface area contributed by atoms with E-state index in [-0.39, 0.29) is 5.25 Å². The van der Waals surface area contributed by atoms with Crippen molar-refractivity contribution in [3.05, 3.63) is 29.8 Å². The van der Waals surface area contributed by atoms with E-state index in [2.05, 4.69) is 17.9 Å². The first-order chi connectivity index (χ1) is 6.20. The summed E-state index contributed by atoms with van der Waals surface area (Å²) in [5.74, 6) is -0.865. The van der Waals surface area contributed by atoms with E-state index in [0.29, 0.717) is 0 Å². The van der Waals surface area contributed by atoms with Crippen LogP contribution in [0.1, 0.15) is 10.8 Å². The second-order valence-corrected chi connectivity index (χ2v) is 3.55. The summed E-state index contributed by atoms with van der Waals surface area (Å²) in [6.45, 7) is 0. The van der Waals surface area contributed by atoms with Gasteiger partial charge in [0.1, 0.15) is 6.04 Å². The summed E-state index contributed by atoms with van der Waals surface area (Å²) >= 11 is 4.26. The van der Waals surface area contributed by atoms with Crippen molar-refractivity contribution in [1.82, 2.24) is 0 Å². The van der Waals surface area contributed by atoms with Gasteiger partial charge in [0.05, 0.1) is 5.25 Å². The van der Waals surface area contributed by atoms with Crippen molar-refractivity contribution in [2.24, 2.45) is 0 Å². The minimum absolute atomic E-state index is 0.256. The molecule has 1 aromatic rings. The summed E-state index contributed by atoms with van der Waals surface area (Å²) in [6.07, 6.45) is 0. The van der Waals surface area contributed by atoms with E-state index in [0.717, 1.165) is 11.3 Å². The maximum Gasteiger partial charge on any atom is 0.327 e. The van der Waals surface area contributed by atoms with Crippen molar-refractivity contribution < 1.29 is 9.90 Å². The smallest absolute Gasteiger partial charge is 0.327 e. The second-order valence-electron chi connectivity index (χ2n) is 2.99. The Balaban J connectivity index is 2.38. The van der Waals surface area contributed by atoms with Crippen LogP contribution in [0.25, 0.3) is 0 Å². The first kappa shape index (κ1) is 8.44. The molecule has 0 radical (unpaired) electrons. The van der Waals surface area contributed by atoms with Crippen LogP contribution in [0.2, 0.25) is 0 Å². The predicted octanol–water partition coefficient (Wildman–Crippen LogP) is 1.54. The molecule has 2 rings (SSSR count). The highest BCUT2D eigenvalue weighted by molar-refractivity contribution is 7.80. The molecule has 2 unspecified atom stereocenters. The number of thiol groups is 1. The fourth-order valence-electron chi connectivity index (χ4n) is 1.51. The van der Waals surface area contributed by atoms with Crippen LogP contribution in [0, 0.1) is 0 Å². The van der Waals surface area contributed by atoms with Gasteiger partial charge in [-0.1, -0.05) is 18.2 Å². The molecular weight excluding hydrogens is 186 g/mol. The molecular formula is C9H9NO2S. The summed E-state index contributed by atoms with van der Waals surface area (Å²) < 4.78 is 0. The van der Waals surface area contributed by atoms with E-state index < -0.39 is 12.0 Å². The standard InChI is InChI=1S/C9H9NO2S/c11-9(12)7-8(13)5-3-1-2-4-6(5)10-7/h1-4,7-8,10,13H,(H,11,12). The topological polar surface area (TPSA) is 49.3 Å². The van der Waals surface area contributed by atoms with E-state index in [1.807, 2.05) is 24.3 Å². The van der Waals surface area contributed by atoms with Crippen molar-refractivity contribution in [3.8, 4) is 0 Å². The molecule has 1 aliphatic heterocycles. The molecule has 0 saturated heterocycles. The monoisotopic (exact) mass is 195 g/mol. The lowest BCUT2D eigenvalue weighted by atomic mass is 10.1. The number of nitrogens with one attached hydrogen (secondary N) is 1. The maximum atomic E-state index is 10.8. The van der Waals surface area contributed by atoms with Gasteiger partial charge in [-0.3, -0.25) is 0 Å². The lowest BCUT2D eigenvalue weighted by Gasteiger charge is -2.09. The summed E-state index contributed by atoms with van der Waals surface area (Å²) in [7, 11) is 0. The van der Waals surface area contributed by atoms with Gasteiger partial charge in [-0.05, 0) is 11.6 Å². The van der Waals surface area contributed by atoms with Gasteiger partial charge in [-0.15, -0.1) is 0 Å². The molecule has 3 nitrogen and oxygen atoms in total. The van der Waals surface area contributed by atoms with Crippen LogP contribution in [0.15, 0.2) is 24.3 Å². The Hall–Kier alpha value is -1.16. The van der Waals surface area contributed by atoms with Gasteiger partial charge >= 0.3 is 5.97 Å². The van der Waals surface area contributed by atoms with Crippen LogP contribution in [-0.4, -0.2) is 17.1 Å². The van der Waals surface area contributed by atoms with Gasteiger partial charge in [0.2, 0.25) is 0 Å². The number of carboxylic acids is 1. The predicted molar refractivity (Wildman–Crippen MR) is 53.2 cm³/mol. The molecule has 68 valence electrons. The van der Waals surface area contributed by atoms with Crippen molar-refractivity contribution >= 4 is 24.3 Å². The quantitative estimate of drug-likeness (QED) is 0.596. The number of rotatable bonds is 1. The normalized spacial score (nSPS) is 25.0. The van der Waals surface area contributed by atoms with Crippen LogP contribution in [0.5, 0.6) is 0 Å². The van der Waals surface area contributed by atoms with Gasteiger partial charge in [-0.2, -0.15) is 12.6 Å². The molecule has 0 aliphatic carbocycles. The van der Waals surface area contributed by atoms with Crippen LogP contribution >= 0.6 is 12.6 Å². The van der Waals surface area contributed by atoms with Crippen LogP contribution in [-0.2, 0) is 4.79 Å². The highest BCUT2D eigenvalue weighted by atomic mass is 32.1. The Morgan fingerprint density at radius 2 is 2.15 bits per heavy atom. The molecule has 1 aromatic carbocycles. The third-order valence-electron chi connectivity index (χ3n) is 2.17. The molecule has 2 N–H and O–H groups in total. The number of fused-ring (bicyclic) bond motifs is 1. The number of aliphatic carboxylic acids is 1. The molecule has 0 bridgehead atoms. The van der Waals surface area contributed by atoms with Crippen molar-refractivity contribution in [1.29, 1.82) is 0 Å². The first-order valence-electron chi connectivity index (χ1n) is 3.96. The number of carboxylic acid groups (broad SMARTS) is 1. The van der Waals surface area contributed by atoms with E-state index in [9.17, 15) is 4.79 Å². The van der Waals surface area contributed by atoms with Crippen molar-refractivity contribution in [3.63, 3.8) is 0 Å². The first-order valence-corrected chi connectivity index (χ1v) is 4.48. The Morgan fingerprint density at radius 1 is 1.46 bits per heavy atom. The Morgan fingerprint density at radius 3 is 2.77 bits per heavy atom. The number of hydrogen-bond acceptors (Lipinski definition) is 3.